The summed E-state index contributed by atoms with van der Waals surface area (Å²) in [4.78, 5) is 12.9. The van der Waals surface area contributed by atoms with Crippen LogP contribution in [0.5, 0.6) is 0 Å². The Kier molecular flexibility index (Phi) is 4.82. The Bertz CT molecular complexity index is 395. The molecule has 0 amide bonds. The van der Waals surface area contributed by atoms with E-state index >= 15 is 0 Å². The molecule has 3 nitrogen and oxygen atoms in total. The van der Waals surface area contributed by atoms with Crippen LogP contribution in [0.2, 0.25) is 0 Å². The molecule has 4 heteroatoms. The number of rotatable bonds is 4. The lowest BCUT2D eigenvalue weighted by Crippen LogP contribution is -2.25. The Morgan fingerprint density at radius 1 is 1.29 bits per heavy atom. The maximum absolute atomic E-state index is 11.0. The summed E-state index contributed by atoms with van der Waals surface area (Å²) in [6, 6.07) is 4.23. The zero-order valence-corrected chi connectivity index (χ0v) is 11.5. The van der Waals surface area contributed by atoms with Gasteiger partial charge in [-0.15, -0.1) is 11.6 Å². The molecule has 0 atom stereocenters. The third-order valence-electron chi connectivity index (χ3n) is 2.55. The average Bonchev–Trinajstić information content (AvgIpc) is 2.24. The lowest BCUT2D eigenvalue weighted by atomic mass is 10.0. The van der Waals surface area contributed by atoms with E-state index in [1.165, 1.54) is 16.7 Å². The number of hydrogen-bond acceptors (Lipinski definition) is 3. The van der Waals surface area contributed by atoms with Crippen molar-refractivity contribution in [3.05, 3.63) is 28.8 Å². The standard InChI is InChI=1S/C13H18ClNO2/c1-9-5-10(2)13(11(3)6-9)15(4)8-17-12(16)7-14/h5-6H,7-8H2,1-4H3. The van der Waals surface area contributed by atoms with Crippen molar-refractivity contribution >= 4 is 23.3 Å². The maximum atomic E-state index is 11.0. The summed E-state index contributed by atoms with van der Waals surface area (Å²) in [7, 11) is 1.90. The lowest BCUT2D eigenvalue weighted by molar-refractivity contribution is -0.140. The van der Waals surface area contributed by atoms with Gasteiger partial charge in [0.15, 0.2) is 6.73 Å². The molecule has 17 heavy (non-hydrogen) atoms. The first-order valence-electron chi connectivity index (χ1n) is 5.46. The van der Waals surface area contributed by atoms with E-state index in [0.717, 1.165) is 5.69 Å². The molecule has 1 aromatic carbocycles. The quantitative estimate of drug-likeness (QED) is 0.471. The number of alkyl halides is 1. The van der Waals surface area contributed by atoms with E-state index in [9.17, 15) is 4.79 Å². The van der Waals surface area contributed by atoms with E-state index < -0.39 is 5.97 Å². The topological polar surface area (TPSA) is 29.5 Å². The molecule has 0 aliphatic carbocycles. The van der Waals surface area contributed by atoms with Crippen LogP contribution >= 0.6 is 11.6 Å². The molecule has 0 fully saturated rings. The van der Waals surface area contributed by atoms with Gasteiger partial charge in [-0.05, 0) is 31.9 Å². The highest BCUT2D eigenvalue weighted by atomic mass is 35.5. The van der Waals surface area contributed by atoms with Gasteiger partial charge in [0.1, 0.15) is 5.88 Å². The van der Waals surface area contributed by atoms with E-state index in [1.807, 2.05) is 11.9 Å². The van der Waals surface area contributed by atoms with Crippen molar-refractivity contribution in [2.24, 2.45) is 0 Å². The van der Waals surface area contributed by atoms with Crippen LogP contribution in [0.1, 0.15) is 16.7 Å². The van der Waals surface area contributed by atoms with Crippen molar-refractivity contribution in [2.75, 3.05) is 24.6 Å². The number of carbonyl (C=O) groups excluding carboxylic acids is 1. The Labute approximate surface area is 107 Å². The molecule has 0 N–H and O–H groups in total. The number of ether oxygens (including phenoxy) is 1. The minimum absolute atomic E-state index is 0.111. The van der Waals surface area contributed by atoms with Crippen LogP contribution in [0.4, 0.5) is 5.69 Å². The van der Waals surface area contributed by atoms with Crippen molar-refractivity contribution in [3.8, 4) is 0 Å². The minimum atomic E-state index is -0.402. The maximum Gasteiger partial charge on any atom is 0.322 e. The Morgan fingerprint density at radius 3 is 2.29 bits per heavy atom. The molecule has 0 heterocycles. The Hall–Kier alpha value is -1.22. The molecule has 0 bridgehead atoms. The third kappa shape index (κ3) is 3.63. The first-order valence-corrected chi connectivity index (χ1v) is 5.99. The molecular formula is C13H18ClNO2. The Balaban J connectivity index is 2.82. The molecular weight excluding hydrogens is 238 g/mol. The van der Waals surface area contributed by atoms with Crippen LogP contribution in [0.15, 0.2) is 12.1 Å². The molecule has 0 aromatic heterocycles. The highest BCUT2D eigenvalue weighted by molar-refractivity contribution is 6.26. The normalized spacial score (nSPS) is 10.2. The highest BCUT2D eigenvalue weighted by Gasteiger charge is 2.10. The summed E-state index contributed by atoms with van der Waals surface area (Å²) >= 11 is 5.37. The van der Waals surface area contributed by atoms with E-state index in [0.29, 0.717) is 0 Å². The van der Waals surface area contributed by atoms with Crippen molar-refractivity contribution in [1.29, 1.82) is 0 Å². The fraction of sp³-hybridized carbons (Fsp3) is 0.462. The van der Waals surface area contributed by atoms with Crippen LogP contribution in [0, 0.1) is 20.8 Å². The van der Waals surface area contributed by atoms with Gasteiger partial charge in [0.2, 0.25) is 0 Å². The van der Waals surface area contributed by atoms with Crippen LogP contribution in [0.3, 0.4) is 0 Å². The molecule has 1 rings (SSSR count). The monoisotopic (exact) mass is 255 g/mol. The molecule has 0 aliphatic rings. The molecule has 0 spiro atoms. The molecule has 0 saturated heterocycles. The molecule has 0 unspecified atom stereocenters. The van der Waals surface area contributed by atoms with Gasteiger partial charge in [-0.25, -0.2) is 0 Å². The number of aryl methyl sites for hydroxylation is 3. The van der Waals surface area contributed by atoms with Crippen molar-refractivity contribution in [3.63, 3.8) is 0 Å². The fourth-order valence-electron chi connectivity index (χ4n) is 2.05. The van der Waals surface area contributed by atoms with Gasteiger partial charge in [-0.3, -0.25) is 4.79 Å². The van der Waals surface area contributed by atoms with Gasteiger partial charge in [-0.2, -0.15) is 0 Å². The van der Waals surface area contributed by atoms with E-state index in [1.54, 1.807) is 0 Å². The molecule has 0 aliphatic heterocycles. The zero-order valence-electron chi connectivity index (χ0n) is 10.7. The number of anilines is 1. The molecule has 0 radical (unpaired) electrons. The van der Waals surface area contributed by atoms with Gasteiger partial charge < -0.3 is 9.64 Å². The fourth-order valence-corrected chi connectivity index (χ4v) is 2.12. The smallest absolute Gasteiger partial charge is 0.322 e. The summed E-state index contributed by atoms with van der Waals surface area (Å²) in [5.41, 5.74) is 4.67. The van der Waals surface area contributed by atoms with Crippen molar-refractivity contribution < 1.29 is 9.53 Å². The zero-order chi connectivity index (χ0) is 13.0. The number of hydrogen-bond donors (Lipinski definition) is 0. The predicted octanol–water partition coefficient (Wildman–Crippen LogP) is 2.79. The van der Waals surface area contributed by atoms with Gasteiger partial charge in [-0.1, -0.05) is 17.7 Å². The van der Waals surface area contributed by atoms with E-state index in [2.05, 4.69) is 32.9 Å². The van der Waals surface area contributed by atoms with E-state index in [4.69, 9.17) is 16.3 Å². The largest absolute Gasteiger partial charge is 0.443 e. The van der Waals surface area contributed by atoms with Crippen LogP contribution in [-0.2, 0) is 9.53 Å². The second-order valence-corrected chi connectivity index (χ2v) is 4.49. The average molecular weight is 256 g/mol. The van der Waals surface area contributed by atoms with Gasteiger partial charge in [0.05, 0.1) is 0 Å². The van der Waals surface area contributed by atoms with Gasteiger partial charge in [0.25, 0.3) is 0 Å². The number of halogens is 1. The number of carbonyl (C=O) groups is 1. The van der Waals surface area contributed by atoms with Gasteiger partial charge in [0, 0.05) is 12.7 Å². The summed E-state index contributed by atoms with van der Waals surface area (Å²) in [5, 5.41) is 0. The SMILES string of the molecule is Cc1cc(C)c(N(C)COC(=O)CCl)c(C)c1. The van der Waals surface area contributed by atoms with Crippen molar-refractivity contribution in [2.45, 2.75) is 20.8 Å². The van der Waals surface area contributed by atoms with Crippen molar-refractivity contribution in [1.82, 2.24) is 0 Å². The van der Waals surface area contributed by atoms with Gasteiger partial charge >= 0.3 is 5.97 Å². The number of benzene rings is 1. The molecule has 94 valence electrons. The number of esters is 1. The second kappa shape index (κ2) is 5.92. The predicted molar refractivity (Wildman–Crippen MR) is 70.7 cm³/mol. The Morgan fingerprint density at radius 2 is 1.82 bits per heavy atom. The minimum Gasteiger partial charge on any atom is -0.443 e. The first kappa shape index (κ1) is 13.8. The number of nitrogens with zero attached hydrogens (tertiary/aromatic N) is 1. The second-order valence-electron chi connectivity index (χ2n) is 4.22. The van der Waals surface area contributed by atoms with Crippen LogP contribution < -0.4 is 4.90 Å². The highest BCUT2D eigenvalue weighted by Crippen LogP contribution is 2.25. The molecule has 0 saturated carbocycles. The summed E-state index contributed by atoms with van der Waals surface area (Å²) < 4.78 is 5.00. The lowest BCUT2D eigenvalue weighted by Gasteiger charge is -2.23. The summed E-state index contributed by atoms with van der Waals surface area (Å²) in [6.07, 6.45) is 0. The summed E-state index contributed by atoms with van der Waals surface area (Å²) in [5.74, 6) is -0.513. The van der Waals surface area contributed by atoms with Crippen LogP contribution in [0.25, 0.3) is 0 Å². The van der Waals surface area contributed by atoms with Crippen LogP contribution in [-0.4, -0.2) is 25.6 Å². The molecule has 1 aromatic rings. The van der Waals surface area contributed by atoms with E-state index in [-0.39, 0.29) is 12.6 Å². The third-order valence-corrected chi connectivity index (χ3v) is 2.76. The summed E-state index contributed by atoms with van der Waals surface area (Å²) in [6.45, 7) is 6.39. The first-order chi connectivity index (χ1) is 7.95.